The van der Waals surface area contributed by atoms with E-state index in [1.165, 1.54) is 30.5 Å². The molecule has 4 heterocycles. The number of benzene rings is 1. The monoisotopic (exact) mass is 653 g/mol. The molecule has 15 heteroatoms. The summed E-state index contributed by atoms with van der Waals surface area (Å²) in [6, 6.07) is 8.20. The third-order valence-electron chi connectivity index (χ3n) is 7.84. The van der Waals surface area contributed by atoms with Gasteiger partial charge in [0.15, 0.2) is 0 Å². The van der Waals surface area contributed by atoms with Gasteiger partial charge in [-0.2, -0.15) is 0 Å². The van der Waals surface area contributed by atoms with E-state index < -0.39 is 23.5 Å². The first-order valence-electron chi connectivity index (χ1n) is 14.5. The molecule has 4 amide bonds. The van der Waals surface area contributed by atoms with Gasteiger partial charge in [-0.3, -0.25) is 19.2 Å². The van der Waals surface area contributed by atoms with Crippen LogP contribution in [0.5, 0.6) is 0 Å². The van der Waals surface area contributed by atoms with E-state index >= 15 is 0 Å². The van der Waals surface area contributed by atoms with Gasteiger partial charge in [0.25, 0.3) is 23.6 Å². The third kappa shape index (κ3) is 7.65. The number of morpholine rings is 1. The van der Waals surface area contributed by atoms with Crippen molar-refractivity contribution in [3.63, 3.8) is 0 Å². The lowest BCUT2D eigenvalue weighted by Gasteiger charge is -2.37. The Labute approximate surface area is 269 Å². The van der Waals surface area contributed by atoms with Crippen LogP contribution in [0.4, 0.5) is 21.5 Å². The van der Waals surface area contributed by atoms with Crippen LogP contribution in [0.25, 0.3) is 0 Å². The number of anilines is 3. The molecular formula is C31H35ClFN8O5+. The first-order chi connectivity index (χ1) is 21.9. The summed E-state index contributed by atoms with van der Waals surface area (Å²) in [7, 11) is 5.53. The Bertz CT molecular complexity index is 1790. The van der Waals surface area contributed by atoms with Crippen LogP contribution in [-0.4, -0.2) is 88.7 Å². The highest BCUT2D eigenvalue weighted by Gasteiger charge is 2.25. The fraction of sp³-hybridized carbons (Fsp3) is 0.290. The Balaban J connectivity index is 1.15. The molecular weight excluding hydrogens is 619 g/mol. The van der Waals surface area contributed by atoms with Gasteiger partial charge in [-0.05, 0) is 36.4 Å². The van der Waals surface area contributed by atoms with Crippen LogP contribution in [-0.2, 0) is 18.8 Å². The van der Waals surface area contributed by atoms with Crippen LogP contribution >= 0.6 is 11.6 Å². The average molecular weight is 654 g/mol. The molecule has 0 aliphatic carbocycles. The Morgan fingerprint density at radius 1 is 0.870 bits per heavy atom. The standard InChI is InChI=1S/C31H34ClFN8O5/c1-39-18-22(14-26(39)30(44)34-6-7-41(3)8-10-46-11-9-41)38-31(45)27-15-21(17-40(27)2)37-29(43)25-13-20(16-35-25)36-28(42)23-5-4-19(32)12-24(23)33/h4-5,12-18H,6-11H2,1-3H3,(H4-,34,35,36,37,38,42,43,44,45)/p+1. The van der Waals surface area contributed by atoms with E-state index in [0.29, 0.717) is 36.8 Å². The van der Waals surface area contributed by atoms with Crippen LogP contribution in [0.2, 0.25) is 5.02 Å². The van der Waals surface area contributed by atoms with E-state index in [0.717, 1.165) is 30.2 Å². The molecule has 242 valence electrons. The van der Waals surface area contributed by atoms with Crippen LogP contribution < -0.4 is 21.3 Å². The molecule has 1 aliphatic rings. The zero-order chi connectivity index (χ0) is 33.0. The normalized spacial score (nSPS) is 14.0. The number of H-pyrrole nitrogens is 1. The smallest absolute Gasteiger partial charge is 0.272 e. The van der Waals surface area contributed by atoms with E-state index in [1.807, 2.05) is 0 Å². The molecule has 1 aliphatic heterocycles. The number of aryl methyl sites for hydroxylation is 2. The zero-order valence-corrected chi connectivity index (χ0v) is 26.3. The number of carbonyl (C=O) groups excluding carboxylic acids is 4. The van der Waals surface area contributed by atoms with Crippen LogP contribution in [0.1, 0.15) is 41.8 Å². The van der Waals surface area contributed by atoms with Crippen molar-refractivity contribution in [2.75, 3.05) is 62.4 Å². The summed E-state index contributed by atoms with van der Waals surface area (Å²) in [4.78, 5) is 54.0. The molecule has 5 N–H and O–H groups in total. The van der Waals surface area contributed by atoms with E-state index in [4.69, 9.17) is 16.3 Å². The highest BCUT2D eigenvalue weighted by Crippen LogP contribution is 2.20. The molecule has 0 saturated carbocycles. The fourth-order valence-corrected chi connectivity index (χ4v) is 5.28. The summed E-state index contributed by atoms with van der Waals surface area (Å²) in [5.41, 5.74) is 1.63. The number of quaternary nitrogens is 1. The quantitative estimate of drug-likeness (QED) is 0.166. The van der Waals surface area contributed by atoms with E-state index in [2.05, 4.69) is 33.3 Å². The SMILES string of the molecule is Cn1cc(NC(=O)c2cc(NC(=O)c3cc(NC(=O)c4ccc(Cl)cc4F)c[nH]3)cn2C)cc1C(=O)NCC[N+]1(C)CCOCC1. The number of amides is 4. The van der Waals surface area contributed by atoms with Crippen LogP contribution in [0.3, 0.4) is 0 Å². The molecule has 3 aromatic heterocycles. The summed E-state index contributed by atoms with van der Waals surface area (Å²) in [6.45, 7) is 4.55. The number of nitrogens with one attached hydrogen (secondary N) is 5. The number of rotatable bonds is 10. The van der Waals surface area contributed by atoms with Crippen molar-refractivity contribution in [1.29, 1.82) is 0 Å². The molecule has 1 aromatic carbocycles. The summed E-state index contributed by atoms with van der Waals surface area (Å²) >= 11 is 5.74. The largest absolute Gasteiger partial charge is 0.370 e. The number of carbonyl (C=O) groups is 4. The van der Waals surface area contributed by atoms with Crippen molar-refractivity contribution in [3.05, 3.63) is 88.5 Å². The molecule has 46 heavy (non-hydrogen) atoms. The summed E-state index contributed by atoms with van der Waals surface area (Å²) in [5, 5.41) is 11.1. The number of halogens is 2. The maximum atomic E-state index is 14.1. The molecule has 0 radical (unpaired) electrons. The number of likely N-dealkylation sites (N-methyl/N-ethyl adjacent to an activating group) is 1. The van der Waals surface area contributed by atoms with Crippen molar-refractivity contribution in [2.24, 2.45) is 14.1 Å². The van der Waals surface area contributed by atoms with E-state index in [-0.39, 0.29) is 33.6 Å². The molecule has 0 spiro atoms. The number of hydrogen-bond donors (Lipinski definition) is 5. The lowest BCUT2D eigenvalue weighted by atomic mass is 10.2. The fourth-order valence-electron chi connectivity index (χ4n) is 5.12. The van der Waals surface area contributed by atoms with E-state index in [1.54, 1.807) is 41.7 Å². The molecule has 1 saturated heterocycles. The molecule has 0 atom stereocenters. The van der Waals surface area contributed by atoms with Gasteiger partial charge in [-0.25, -0.2) is 4.39 Å². The average Bonchev–Trinajstić information content (AvgIpc) is 3.71. The Kier molecular flexibility index (Phi) is 9.60. The maximum absolute atomic E-state index is 14.1. The topological polar surface area (TPSA) is 151 Å². The lowest BCUT2D eigenvalue weighted by molar-refractivity contribution is -0.915. The molecule has 4 aromatic rings. The predicted octanol–water partition coefficient (Wildman–Crippen LogP) is 3.45. The number of aromatic amines is 1. The molecule has 13 nitrogen and oxygen atoms in total. The molecule has 0 bridgehead atoms. The zero-order valence-electron chi connectivity index (χ0n) is 25.6. The van der Waals surface area contributed by atoms with Crippen LogP contribution in [0, 0.1) is 5.82 Å². The number of hydrogen-bond acceptors (Lipinski definition) is 5. The van der Waals surface area contributed by atoms with Gasteiger partial charge in [0.05, 0.1) is 56.0 Å². The number of nitrogens with zero attached hydrogens (tertiary/aromatic N) is 3. The predicted molar refractivity (Wildman–Crippen MR) is 171 cm³/mol. The highest BCUT2D eigenvalue weighted by molar-refractivity contribution is 6.30. The summed E-state index contributed by atoms with van der Waals surface area (Å²) in [6.07, 6.45) is 4.62. The first kappa shape index (κ1) is 32.5. The minimum Gasteiger partial charge on any atom is -0.370 e. The van der Waals surface area contributed by atoms with Gasteiger partial charge in [0.2, 0.25) is 0 Å². The summed E-state index contributed by atoms with van der Waals surface area (Å²) in [5.74, 6) is -2.69. The second kappa shape index (κ2) is 13.6. The van der Waals surface area contributed by atoms with Gasteiger partial charge < -0.3 is 44.6 Å². The van der Waals surface area contributed by atoms with Gasteiger partial charge in [0, 0.05) is 37.7 Å². The molecule has 5 rings (SSSR count). The van der Waals surface area contributed by atoms with Crippen molar-refractivity contribution in [2.45, 2.75) is 0 Å². The lowest BCUT2D eigenvalue weighted by Crippen LogP contribution is -2.54. The number of aromatic nitrogens is 3. The molecule has 0 unspecified atom stereocenters. The van der Waals surface area contributed by atoms with Crippen molar-refractivity contribution in [3.8, 4) is 0 Å². The Morgan fingerprint density at radius 2 is 1.48 bits per heavy atom. The van der Waals surface area contributed by atoms with Crippen molar-refractivity contribution in [1.82, 2.24) is 19.4 Å². The first-order valence-corrected chi connectivity index (χ1v) is 14.9. The molecule has 1 fully saturated rings. The van der Waals surface area contributed by atoms with Gasteiger partial charge in [-0.15, -0.1) is 0 Å². The van der Waals surface area contributed by atoms with Gasteiger partial charge >= 0.3 is 0 Å². The van der Waals surface area contributed by atoms with Crippen LogP contribution in [0.15, 0.2) is 55.0 Å². The Hall–Kier alpha value is -4.92. The third-order valence-corrected chi connectivity index (χ3v) is 8.08. The summed E-state index contributed by atoms with van der Waals surface area (Å²) < 4.78 is 23.5. The maximum Gasteiger partial charge on any atom is 0.272 e. The van der Waals surface area contributed by atoms with Gasteiger partial charge in [0.1, 0.15) is 36.0 Å². The number of ether oxygens (including phenoxy) is 1. The van der Waals surface area contributed by atoms with Gasteiger partial charge in [-0.1, -0.05) is 11.6 Å². The van der Waals surface area contributed by atoms with E-state index in [9.17, 15) is 23.6 Å². The second-order valence-corrected chi connectivity index (χ2v) is 11.8. The highest BCUT2D eigenvalue weighted by atomic mass is 35.5. The second-order valence-electron chi connectivity index (χ2n) is 11.4. The van der Waals surface area contributed by atoms with Crippen molar-refractivity contribution >= 4 is 52.3 Å². The minimum atomic E-state index is -0.772. The minimum absolute atomic E-state index is 0.123. The Morgan fingerprint density at radius 3 is 2.13 bits per heavy atom. The van der Waals surface area contributed by atoms with Crippen molar-refractivity contribution < 1.29 is 32.8 Å².